The smallest absolute Gasteiger partial charge is 0.133 e. The number of rotatable bonds is 3. The van der Waals surface area contributed by atoms with Crippen LogP contribution in [0.4, 0.5) is 5.82 Å². The molecule has 2 aliphatic rings. The first-order valence-electron chi connectivity index (χ1n) is 9.61. The van der Waals surface area contributed by atoms with E-state index in [1.807, 2.05) is 0 Å². The molecule has 1 aromatic heterocycles. The maximum atomic E-state index is 5.14. The van der Waals surface area contributed by atoms with E-state index in [2.05, 4.69) is 62.0 Å². The van der Waals surface area contributed by atoms with Crippen LogP contribution in [0.3, 0.4) is 0 Å². The lowest BCUT2D eigenvalue weighted by Crippen LogP contribution is -2.33. The van der Waals surface area contributed by atoms with Crippen LogP contribution < -0.4 is 5.32 Å². The van der Waals surface area contributed by atoms with E-state index in [0.29, 0.717) is 5.92 Å². The predicted molar refractivity (Wildman–Crippen MR) is 107 cm³/mol. The number of para-hydroxylation sites is 1. The first-order chi connectivity index (χ1) is 12.3. The predicted octanol–water partition coefficient (Wildman–Crippen LogP) is 4.58. The lowest BCUT2D eigenvalue weighted by Gasteiger charge is -2.30. The molecule has 0 amide bonds. The molecule has 0 bridgehead atoms. The molecular weight excluding hydrogens is 376 g/mol. The van der Waals surface area contributed by atoms with Gasteiger partial charge in [0.25, 0.3) is 0 Å². The Morgan fingerprint density at radius 2 is 2.00 bits per heavy atom. The van der Waals surface area contributed by atoms with Gasteiger partial charge in [-0.2, -0.15) is 5.10 Å². The molecule has 1 N–H and O–H groups in total. The minimum Gasteiger partial charge on any atom is -0.370 e. The van der Waals surface area contributed by atoms with Crippen LogP contribution in [0.25, 0.3) is 5.69 Å². The molecule has 0 atom stereocenters. The number of likely N-dealkylation sites (tertiary alicyclic amines) is 1. The summed E-state index contributed by atoms with van der Waals surface area (Å²) in [6, 6.07) is 8.39. The van der Waals surface area contributed by atoms with Crippen molar-refractivity contribution in [3.63, 3.8) is 0 Å². The van der Waals surface area contributed by atoms with Crippen LogP contribution in [0.2, 0.25) is 0 Å². The molecule has 2 aliphatic heterocycles. The van der Waals surface area contributed by atoms with E-state index >= 15 is 0 Å². The van der Waals surface area contributed by atoms with Crippen molar-refractivity contribution in [2.75, 3.05) is 31.5 Å². The van der Waals surface area contributed by atoms with Crippen LogP contribution in [0.1, 0.15) is 49.8 Å². The molecule has 3 heterocycles. The van der Waals surface area contributed by atoms with E-state index in [-0.39, 0.29) is 0 Å². The summed E-state index contributed by atoms with van der Waals surface area (Å²) in [5.41, 5.74) is 3.93. The van der Waals surface area contributed by atoms with Crippen LogP contribution in [-0.4, -0.2) is 40.9 Å². The van der Waals surface area contributed by atoms with Gasteiger partial charge in [-0.25, -0.2) is 4.68 Å². The minimum atomic E-state index is 0.597. The summed E-state index contributed by atoms with van der Waals surface area (Å²) in [5, 5.41) is 8.81. The molecule has 4 nitrogen and oxygen atoms in total. The number of hydrogen-bond acceptors (Lipinski definition) is 3. The van der Waals surface area contributed by atoms with Gasteiger partial charge in [0.15, 0.2) is 0 Å². The summed E-state index contributed by atoms with van der Waals surface area (Å²) >= 11 is 3.71. The lowest BCUT2D eigenvalue weighted by molar-refractivity contribution is 0.220. The summed E-state index contributed by atoms with van der Waals surface area (Å²) in [4.78, 5) is 2.55. The van der Waals surface area contributed by atoms with E-state index in [9.17, 15) is 0 Å². The Labute approximate surface area is 158 Å². The zero-order chi connectivity index (χ0) is 17.2. The molecule has 1 fully saturated rings. The third-order valence-electron chi connectivity index (χ3n) is 5.66. The third kappa shape index (κ3) is 3.36. The number of benzene rings is 1. The van der Waals surface area contributed by atoms with Crippen LogP contribution in [0, 0.1) is 0 Å². The summed E-state index contributed by atoms with van der Waals surface area (Å²) in [6.07, 6.45) is 6.09. The Morgan fingerprint density at radius 1 is 1.20 bits per heavy atom. The second-order valence-electron chi connectivity index (χ2n) is 7.17. The first kappa shape index (κ1) is 17.1. The van der Waals surface area contributed by atoms with E-state index in [1.165, 1.54) is 55.8 Å². The van der Waals surface area contributed by atoms with Gasteiger partial charge in [0.05, 0.1) is 11.4 Å². The molecule has 134 valence electrons. The number of piperidine rings is 1. The second kappa shape index (κ2) is 7.50. The first-order valence-corrected chi connectivity index (χ1v) is 10.4. The van der Waals surface area contributed by atoms with Crippen molar-refractivity contribution in [2.24, 2.45) is 0 Å². The third-order valence-corrected chi connectivity index (χ3v) is 6.33. The van der Waals surface area contributed by atoms with Crippen LogP contribution in [0.15, 0.2) is 28.7 Å². The fourth-order valence-corrected chi connectivity index (χ4v) is 4.63. The van der Waals surface area contributed by atoms with Crippen LogP contribution in [0.5, 0.6) is 0 Å². The minimum absolute atomic E-state index is 0.597. The second-order valence-corrected chi connectivity index (χ2v) is 8.02. The van der Waals surface area contributed by atoms with Gasteiger partial charge in [0, 0.05) is 22.5 Å². The van der Waals surface area contributed by atoms with E-state index in [1.54, 1.807) is 0 Å². The largest absolute Gasteiger partial charge is 0.370 e. The summed E-state index contributed by atoms with van der Waals surface area (Å²) in [5.74, 6) is 1.82. The molecular formula is C20H27BrN4. The quantitative estimate of drug-likeness (QED) is 0.814. The zero-order valence-corrected chi connectivity index (χ0v) is 16.6. The van der Waals surface area contributed by atoms with Crippen molar-refractivity contribution in [1.29, 1.82) is 0 Å². The fourth-order valence-electron chi connectivity index (χ4n) is 4.18. The maximum absolute atomic E-state index is 5.14. The topological polar surface area (TPSA) is 33.1 Å². The molecule has 1 saturated heterocycles. The summed E-state index contributed by atoms with van der Waals surface area (Å²) < 4.78 is 3.24. The molecule has 4 rings (SSSR count). The van der Waals surface area contributed by atoms with E-state index < -0.39 is 0 Å². The number of halogens is 1. The van der Waals surface area contributed by atoms with Gasteiger partial charge in [-0.05, 0) is 79.8 Å². The highest BCUT2D eigenvalue weighted by Gasteiger charge is 2.28. The molecule has 0 saturated carbocycles. The number of nitrogens with zero attached hydrogens (tertiary/aromatic N) is 3. The standard InChI is InChI=1S/C20H27BrN4/c1-2-24-13-10-15(11-14-24)19-16-7-5-6-12-22-20(16)25(23-19)18-9-4-3-8-17(18)21/h3-4,8-9,15,22H,2,5-7,10-14H2,1H3. The average molecular weight is 403 g/mol. The summed E-state index contributed by atoms with van der Waals surface area (Å²) in [6.45, 7) is 6.86. The molecule has 2 aromatic rings. The van der Waals surface area contributed by atoms with Gasteiger partial charge >= 0.3 is 0 Å². The van der Waals surface area contributed by atoms with Crippen molar-refractivity contribution >= 4 is 21.7 Å². The highest BCUT2D eigenvalue weighted by Crippen LogP contribution is 2.37. The lowest BCUT2D eigenvalue weighted by atomic mass is 9.90. The van der Waals surface area contributed by atoms with Crippen molar-refractivity contribution < 1.29 is 0 Å². The molecule has 25 heavy (non-hydrogen) atoms. The van der Waals surface area contributed by atoms with Crippen LogP contribution >= 0.6 is 15.9 Å². The molecule has 0 spiro atoms. The summed E-state index contributed by atoms with van der Waals surface area (Å²) in [7, 11) is 0. The van der Waals surface area contributed by atoms with Gasteiger partial charge in [0.1, 0.15) is 5.82 Å². The van der Waals surface area contributed by atoms with Gasteiger partial charge in [-0.3, -0.25) is 0 Å². The van der Waals surface area contributed by atoms with E-state index in [4.69, 9.17) is 5.10 Å². The van der Waals surface area contributed by atoms with E-state index in [0.717, 1.165) is 29.7 Å². The van der Waals surface area contributed by atoms with Gasteiger partial charge < -0.3 is 10.2 Å². The molecule has 0 aliphatic carbocycles. The number of hydrogen-bond donors (Lipinski definition) is 1. The zero-order valence-electron chi connectivity index (χ0n) is 15.0. The number of fused-ring (bicyclic) bond motifs is 1. The Bertz CT molecular complexity index is 731. The van der Waals surface area contributed by atoms with Crippen molar-refractivity contribution in [3.8, 4) is 5.69 Å². The monoisotopic (exact) mass is 402 g/mol. The Hall–Kier alpha value is -1.33. The molecule has 1 aromatic carbocycles. The van der Waals surface area contributed by atoms with Gasteiger partial charge in [-0.1, -0.05) is 19.1 Å². The molecule has 5 heteroatoms. The van der Waals surface area contributed by atoms with Gasteiger partial charge in [-0.15, -0.1) is 0 Å². The van der Waals surface area contributed by atoms with Crippen molar-refractivity contribution in [1.82, 2.24) is 14.7 Å². The normalized spacial score (nSPS) is 19.3. The molecule has 0 unspecified atom stereocenters. The van der Waals surface area contributed by atoms with Crippen LogP contribution in [-0.2, 0) is 6.42 Å². The Morgan fingerprint density at radius 3 is 2.76 bits per heavy atom. The number of nitrogens with one attached hydrogen (secondary N) is 1. The highest BCUT2D eigenvalue weighted by atomic mass is 79.9. The molecule has 0 radical (unpaired) electrons. The van der Waals surface area contributed by atoms with Crippen molar-refractivity contribution in [2.45, 2.75) is 44.9 Å². The number of anilines is 1. The number of aromatic nitrogens is 2. The fraction of sp³-hybridized carbons (Fsp3) is 0.550. The Kier molecular flexibility index (Phi) is 5.13. The Balaban J connectivity index is 1.74. The van der Waals surface area contributed by atoms with Gasteiger partial charge in [0.2, 0.25) is 0 Å². The highest BCUT2D eigenvalue weighted by molar-refractivity contribution is 9.10. The SMILES string of the molecule is CCN1CCC(c2nn(-c3ccccc3Br)c3c2CCCCN3)CC1. The van der Waals surface area contributed by atoms with Crippen molar-refractivity contribution in [3.05, 3.63) is 40.0 Å². The average Bonchev–Trinajstić information content (AvgIpc) is 2.83. The maximum Gasteiger partial charge on any atom is 0.133 e.